The number of hydrogen-bond donors (Lipinski definition) is 3. The molecule has 6 nitrogen and oxygen atoms in total. The number of carbonyl (C=O) groups excluding carboxylic acids is 1. The maximum Gasteiger partial charge on any atom is 0.253 e. The van der Waals surface area contributed by atoms with Crippen LogP contribution < -0.4 is 5.32 Å². The van der Waals surface area contributed by atoms with E-state index in [1.807, 2.05) is 0 Å². The Morgan fingerprint density at radius 3 is 2.93 bits per heavy atom. The smallest absolute Gasteiger partial charge is 0.253 e. The highest BCUT2D eigenvalue weighted by Crippen LogP contribution is 1.93. The van der Waals surface area contributed by atoms with Crippen molar-refractivity contribution in [1.82, 2.24) is 15.5 Å². The Bertz CT molecular complexity index is 291. The molecule has 1 amide bonds. The summed E-state index contributed by atoms with van der Waals surface area (Å²) in [4.78, 5) is 11.3. The normalized spacial score (nSPS) is 12.1. The maximum absolute atomic E-state index is 11.3. The zero-order valence-corrected chi connectivity index (χ0v) is 7.42. The Morgan fingerprint density at radius 2 is 2.36 bits per heavy atom. The maximum atomic E-state index is 11.3. The average molecular weight is 197 g/mol. The number of aliphatic hydroxyl groups is 2. The van der Waals surface area contributed by atoms with E-state index in [0.717, 1.165) is 0 Å². The van der Waals surface area contributed by atoms with Crippen LogP contribution in [0, 0.1) is 0 Å². The van der Waals surface area contributed by atoms with Crippen LogP contribution in [0.3, 0.4) is 0 Å². The van der Waals surface area contributed by atoms with Gasteiger partial charge in [-0.1, -0.05) is 0 Å². The van der Waals surface area contributed by atoms with Crippen molar-refractivity contribution in [2.24, 2.45) is 0 Å². The molecule has 1 aromatic rings. The molecule has 0 saturated heterocycles. The number of aromatic nitrogens is 2. The van der Waals surface area contributed by atoms with E-state index in [0.29, 0.717) is 5.56 Å². The summed E-state index contributed by atoms with van der Waals surface area (Å²) in [5.41, 5.74) is 0.366. The first kappa shape index (κ1) is 10.6. The van der Waals surface area contributed by atoms with Crippen molar-refractivity contribution in [1.29, 1.82) is 0 Å². The third-order valence-corrected chi connectivity index (χ3v) is 1.56. The highest BCUT2D eigenvalue weighted by atomic mass is 16.3. The Morgan fingerprint density at radius 1 is 1.57 bits per heavy atom. The highest BCUT2D eigenvalue weighted by molar-refractivity contribution is 5.93. The third kappa shape index (κ3) is 3.08. The quantitative estimate of drug-likeness (QED) is 0.549. The number of aliphatic hydroxyl groups excluding tert-OH is 2. The van der Waals surface area contributed by atoms with Crippen molar-refractivity contribution in [2.75, 3.05) is 13.2 Å². The number of rotatable bonds is 4. The molecule has 0 aliphatic rings. The summed E-state index contributed by atoms with van der Waals surface area (Å²) in [6.45, 7) is -0.369. The molecular formula is C8H11N3O3. The second-order valence-electron chi connectivity index (χ2n) is 2.68. The van der Waals surface area contributed by atoms with Crippen molar-refractivity contribution in [3.8, 4) is 0 Å². The van der Waals surface area contributed by atoms with Gasteiger partial charge in [0.05, 0.1) is 30.7 Å². The first-order valence-electron chi connectivity index (χ1n) is 4.08. The minimum atomic E-state index is -0.936. The molecule has 0 bridgehead atoms. The summed E-state index contributed by atoms with van der Waals surface area (Å²) in [6, 6.07) is 1.51. The van der Waals surface area contributed by atoms with E-state index in [4.69, 9.17) is 10.2 Å². The van der Waals surface area contributed by atoms with E-state index in [2.05, 4.69) is 15.5 Å². The Hall–Kier alpha value is -1.53. The zero-order valence-electron chi connectivity index (χ0n) is 7.42. The van der Waals surface area contributed by atoms with Crippen LogP contribution in [0.2, 0.25) is 0 Å². The topological polar surface area (TPSA) is 95.3 Å². The molecule has 0 aromatic carbocycles. The monoisotopic (exact) mass is 197 g/mol. The Kier molecular flexibility index (Phi) is 3.96. The van der Waals surface area contributed by atoms with E-state index >= 15 is 0 Å². The van der Waals surface area contributed by atoms with Crippen LogP contribution in [-0.2, 0) is 0 Å². The third-order valence-electron chi connectivity index (χ3n) is 1.56. The van der Waals surface area contributed by atoms with Crippen LogP contribution in [0.4, 0.5) is 0 Å². The molecule has 6 heteroatoms. The van der Waals surface area contributed by atoms with Gasteiger partial charge in [0.15, 0.2) is 0 Å². The lowest BCUT2D eigenvalue weighted by Gasteiger charge is -2.08. The van der Waals surface area contributed by atoms with Gasteiger partial charge < -0.3 is 15.5 Å². The lowest BCUT2D eigenvalue weighted by atomic mass is 10.3. The van der Waals surface area contributed by atoms with Crippen molar-refractivity contribution in [2.45, 2.75) is 6.10 Å². The number of hydrogen-bond acceptors (Lipinski definition) is 5. The molecule has 0 aliphatic heterocycles. The van der Waals surface area contributed by atoms with Gasteiger partial charge in [-0.05, 0) is 6.07 Å². The van der Waals surface area contributed by atoms with Crippen molar-refractivity contribution in [3.05, 3.63) is 24.0 Å². The molecule has 0 fully saturated rings. The standard InChI is InChI=1S/C8H11N3O3/c12-5-7(13)4-9-8(14)6-1-2-10-11-3-6/h1-3,7,12-13H,4-5H2,(H,9,14). The predicted octanol–water partition coefficient (Wildman–Crippen LogP) is -1.44. The van der Waals surface area contributed by atoms with Gasteiger partial charge in [-0.15, -0.1) is 0 Å². The minimum Gasteiger partial charge on any atom is -0.394 e. The Labute approximate surface area is 80.6 Å². The van der Waals surface area contributed by atoms with Gasteiger partial charge in [0.1, 0.15) is 0 Å². The van der Waals surface area contributed by atoms with Crippen LogP contribution >= 0.6 is 0 Å². The van der Waals surface area contributed by atoms with Crippen LogP contribution in [0.15, 0.2) is 18.5 Å². The Balaban J connectivity index is 2.44. The summed E-state index contributed by atoms with van der Waals surface area (Å²) in [7, 11) is 0. The summed E-state index contributed by atoms with van der Waals surface area (Å²) in [5.74, 6) is -0.354. The molecule has 0 radical (unpaired) electrons. The van der Waals surface area contributed by atoms with Crippen LogP contribution in [0.1, 0.15) is 10.4 Å². The fourth-order valence-electron chi connectivity index (χ4n) is 0.802. The van der Waals surface area contributed by atoms with Crippen LogP contribution in [-0.4, -0.2) is 45.6 Å². The first-order chi connectivity index (χ1) is 6.74. The molecular weight excluding hydrogens is 186 g/mol. The van der Waals surface area contributed by atoms with E-state index in [1.54, 1.807) is 0 Å². The summed E-state index contributed by atoms with van der Waals surface area (Å²) in [6.07, 6.45) is 1.78. The van der Waals surface area contributed by atoms with Crippen molar-refractivity contribution >= 4 is 5.91 Å². The van der Waals surface area contributed by atoms with Gasteiger partial charge in [-0.25, -0.2) is 0 Å². The van der Waals surface area contributed by atoms with Crippen LogP contribution in [0.25, 0.3) is 0 Å². The number of nitrogens with zero attached hydrogens (tertiary/aromatic N) is 2. The molecule has 1 rings (SSSR count). The highest BCUT2D eigenvalue weighted by Gasteiger charge is 2.07. The van der Waals surface area contributed by atoms with E-state index < -0.39 is 6.10 Å². The molecule has 1 unspecified atom stereocenters. The van der Waals surface area contributed by atoms with Gasteiger partial charge in [-0.2, -0.15) is 10.2 Å². The zero-order chi connectivity index (χ0) is 10.4. The largest absolute Gasteiger partial charge is 0.394 e. The van der Waals surface area contributed by atoms with Crippen molar-refractivity contribution in [3.63, 3.8) is 0 Å². The minimum absolute atomic E-state index is 0.0116. The predicted molar refractivity (Wildman–Crippen MR) is 47.5 cm³/mol. The second-order valence-corrected chi connectivity index (χ2v) is 2.68. The molecule has 0 saturated carbocycles. The molecule has 1 atom stereocenters. The van der Waals surface area contributed by atoms with E-state index in [9.17, 15) is 4.79 Å². The number of amides is 1. The molecule has 76 valence electrons. The van der Waals surface area contributed by atoms with E-state index in [1.165, 1.54) is 18.5 Å². The summed E-state index contributed by atoms with van der Waals surface area (Å²) in [5, 5.41) is 26.9. The van der Waals surface area contributed by atoms with Gasteiger partial charge in [0.2, 0.25) is 0 Å². The van der Waals surface area contributed by atoms with Gasteiger partial charge in [0, 0.05) is 6.54 Å². The molecule has 14 heavy (non-hydrogen) atoms. The SMILES string of the molecule is O=C(NCC(O)CO)c1ccnnc1. The average Bonchev–Trinajstić information content (AvgIpc) is 2.26. The van der Waals surface area contributed by atoms with Crippen LogP contribution in [0.5, 0.6) is 0 Å². The second kappa shape index (κ2) is 5.25. The lowest BCUT2D eigenvalue weighted by Crippen LogP contribution is -2.33. The van der Waals surface area contributed by atoms with Crippen molar-refractivity contribution < 1.29 is 15.0 Å². The fraction of sp³-hybridized carbons (Fsp3) is 0.375. The summed E-state index contributed by atoms with van der Waals surface area (Å²) >= 11 is 0. The molecule has 1 heterocycles. The first-order valence-corrected chi connectivity index (χ1v) is 4.08. The molecule has 1 aromatic heterocycles. The number of carbonyl (C=O) groups is 1. The molecule has 0 spiro atoms. The van der Waals surface area contributed by atoms with Gasteiger partial charge in [0.25, 0.3) is 5.91 Å². The van der Waals surface area contributed by atoms with Gasteiger partial charge >= 0.3 is 0 Å². The lowest BCUT2D eigenvalue weighted by molar-refractivity contribution is 0.0801. The fourth-order valence-corrected chi connectivity index (χ4v) is 0.802. The molecule has 0 aliphatic carbocycles. The van der Waals surface area contributed by atoms with Gasteiger partial charge in [-0.3, -0.25) is 4.79 Å². The summed E-state index contributed by atoms with van der Waals surface area (Å²) < 4.78 is 0. The number of nitrogens with one attached hydrogen (secondary N) is 1. The molecule has 3 N–H and O–H groups in total. The van der Waals surface area contributed by atoms with E-state index in [-0.39, 0.29) is 19.1 Å².